The van der Waals surface area contributed by atoms with E-state index in [1.54, 1.807) is 0 Å². The lowest BCUT2D eigenvalue weighted by molar-refractivity contribution is 0.645. The molecular weight excluding hydrogens is 344 g/mol. The van der Waals surface area contributed by atoms with Gasteiger partial charge in [0.1, 0.15) is 5.82 Å². The molecule has 1 unspecified atom stereocenters. The molecule has 0 saturated heterocycles. The molecule has 3 rings (SSSR count). The van der Waals surface area contributed by atoms with Crippen LogP contribution in [0.1, 0.15) is 29.4 Å². The number of hydrogen-bond donors (Lipinski definition) is 2. The fourth-order valence-corrected chi connectivity index (χ4v) is 3.85. The molecule has 3 heterocycles. The number of rotatable bonds is 7. The summed E-state index contributed by atoms with van der Waals surface area (Å²) in [4.78, 5) is 7.45. The molecule has 0 aromatic carbocycles. The highest BCUT2D eigenvalue weighted by molar-refractivity contribution is 7.11. The molecule has 6 nitrogen and oxygen atoms in total. The Morgan fingerprint density at radius 3 is 2.92 bits per heavy atom. The maximum absolute atomic E-state index is 4.70. The molecule has 0 aliphatic carbocycles. The van der Waals surface area contributed by atoms with Crippen LogP contribution in [-0.4, -0.2) is 39.7 Å². The fourth-order valence-electron chi connectivity index (χ4n) is 2.83. The maximum Gasteiger partial charge on any atom is 0.191 e. The summed E-state index contributed by atoms with van der Waals surface area (Å²) < 4.78 is 2.01. The SMILES string of the molecule is CCNC(=NCCc1nnc2ccccn12)NC(C)Cc1ccc(C)s1. The first-order valence-corrected chi connectivity index (χ1v) is 9.86. The summed E-state index contributed by atoms with van der Waals surface area (Å²) in [6.07, 6.45) is 3.74. The van der Waals surface area contributed by atoms with Crippen molar-refractivity contribution in [3.8, 4) is 0 Å². The van der Waals surface area contributed by atoms with E-state index in [4.69, 9.17) is 4.99 Å². The first kappa shape index (κ1) is 18.4. The predicted molar refractivity (Wildman–Crippen MR) is 108 cm³/mol. The van der Waals surface area contributed by atoms with E-state index in [9.17, 15) is 0 Å². The molecule has 0 saturated carbocycles. The van der Waals surface area contributed by atoms with E-state index >= 15 is 0 Å². The van der Waals surface area contributed by atoms with E-state index in [0.29, 0.717) is 12.6 Å². The first-order valence-electron chi connectivity index (χ1n) is 9.04. The molecular formula is C19H26N6S. The van der Waals surface area contributed by atoms with Crippen LogP contribution >= 0.6 is 11.3 Å². The minimum absolute atomic E-state index is 0.319. The molecule has 0 spiro atoms. The second-order valence-corrected chi connectivity index (χ2v) is 7.69. The lowest BCUT2D eigenvalue weighted by Crippen LogP contribution is -2.43. The Labute approximate surface area is 158 Å². The third-order valence-electron chi connectivity index (χ3n) is 4.02. The molecule has 0 fully saturated rings. The van der Waals surface area contributed by atoms with Crippen LogP contribution in [0.2, 0.25) is 0 Å². The Morgan fingerprint density at radius 2 is 2.15 bits per heavy atom. The Hall–Kier alpha value is -2.41. The van der Waals surface area contributed by atoms with Crippen LogP contribution in [0.25, 0.3) is 5.65 Å². The summed E-state index contributed by atoms with van der Waals surface area (Å²) in [6, 6.07) is 10.6. The highest BCUT2D eigenvalue weighted by Gasteiger charge is 2.08. The number of aliphatic imine (C=N–C) groups is 1. The molecule has 0 amide bonds. The minimum atomic E-state index is 0.319. The lowest BCUT2D eigenvalue weighted by Gasteiger charge is -2.17. The van der Waals surface area contributed by atoms with E-state index in [-0.39, 0.29) is 0 Å². The Morgan fingerprint density at radius 1 is 1.27 bits per heavy atom. The number of fused-ring (bicyclic) bond motifs is 1. The third kappa shape index (κ3) is 4.82. The maximum atomic E-state index is 4.70. The Bertz CT molecular complexity index is 866. The lowest BCUT2D eigenvalue weighted by atomic mass is 10.2. The van der Waals surface area contributed by atoms with Crippen molar-refractivity contribution in [1.29, 1.82) is 0 Å². The van der Waals surface area contributed by atoms with Gasteiger partial charge in [0, 0.05) is 47.9 Å². The van der Waals surface area contributed by atoms with E-state index in [1.807, 2.05) is 40.1 Å². The van der Waals surface area contributed by atoms with E-state index < -0.39 is 0 Å². The summed E-state index contributed by atoms with van der Waals surface area (Å²) >= 11 is 1.86. The average molecular weight is 371 g/mol. The average Bonchev–Trinajstić information content (AvgIpc) is 3.21. The van der Waals surface area contributed by atoms with E-state index in [0.717, 1.165) is 36.8 Å². The number of nitrogens with zero attached hydrogens (tertiary/aromatic N) is 4. The number of aryl methyl sites for hydroxylation is 1. The quantitative estimate of drug-likeness (QED) is 0.496. The zero-order valence-electron chi connectivity index (χ0n) is 15.6. The minimum Gasteiger partial charge on any atom is -0.357 e. The first-order chi connectivity index (χ1) is 12.7. The predicted octanol–water partition coefficient (Wildman–Crippen LogP) is 2.83. The molecule has 2 N–H and O–H groups in total. The zero-order chi connectivity index (χ0) is 18.4. The largest absolute Gasteiger partial charge is 0.357 e. The van der Waals surface area contributed by atoms with Crippen LogP contribution < -0.4 is 10.6 Å². The van der Waals surface area contributed by atoms with Gasteiger partial charge in [-0.15, -0.1) is 21.5 Å². The van der Waals surface area contributed by atoms with Crippen molar-refractivity contribution in [3.63, 3.8) is 0 Å². The summed E-state index contributed by atoms with van der Waals surface area (Å²) in [5.74, 6) is 1.78. The van der Waals surface area contributed by atoms with Crippen LogP contribution in [0, 0.1) is 6.92 Å². The Balaban J connectivity index is 1.57. The molecule has 3 aromatic rings. The van der Waals surface area contributed by atoms with Gasteiger partial charge in [-0.1, -0.05) is 6.07 Å². The monoisotopic (exact) mass is 370 g/mol. The Kier molecular flexibility index (Phi) is 6.22. The molecule has 3 aromatic heterocycles. The van der Waals surface area contributed by atoms with Crippen molar-refractivity contribution in [2.75, 3.05) is 13.1 Å². The van der Waals surface area contributed by atoms with Gasteiger partial charge >= 0.3 is 0 Å². The topological polar surface area (TPSA) is 66.6 Å². The smallest absolute Gasteiger partial charge is 0.191 e. The van der Waals surface area contributed by atoms with Crippen molar-refractivity contribution in [1.82, 2.24) is 25.2 Å². The van der Waals surface area contributed by atoms with Gasteiger partial charge in [0.25, 0.3) is 0 Å². The van der Waals surface area contributed by atoms with Gasteiger partial charge in [-0.05, 0) is 45.0 Å². The normalized spacial score (nSPS) is 13.1. The van der Waals surface area contributed by atoms with Crippen LogP contribution in [0.4, 0.5) is 0 Å². The standard InChI is InChI=1S/C19H26N6S/c1-4-20-19(22-14(2)13-16-9-8-15(3)26-16)21-11-10-18-24-23-17-7-5-6-12-25(17)18/h5-9,12,14H,4,10-11,13H2,1-3H3,(H2,20,21,22). The third-order valence-corrected chi connectivity index (χ3v) is 5.04. The molecule has 7 heteroatoms. The molecule has 0 bridgehead atoms. The number of nitrogens with one attached hydrogen (secondary N) is 2. The number of aromatic nitrogens is 3. The van der Waals surface area contributed by atoms with Crippen molar-refractivity contribution in [3.05, 3.63) is 52.1 Å². The number of thiophene rings is 1. The van der Waals surface area contributed by atoms with Crippen LogP contribution in [-0.2, 0) is 12.8 Å². The molecule has 0 radical (unpaired) electrons. The zero-order valence-corrected chi connectivity index (χ0v) is 16.4. The number of hydrogen-bond acceptors (Lipinski definition) is 4. The summed E-state index contributed by atoms with van der Waals surface area (Å²) in [5.41, 5.74) is 0.872. The molecule has 1 atom stereocenters. The van der Waals surface area contributed by atoms with Crippen molar-refractivity contribution in [2.45, 2.75) is 39.7 Å². The summed E-state index contributed by atoms with van der Waals surface area (Å²) in [5, 5.41) is 15.3. The fraction of sp³-hybridized carbons (Fsp3) is 0.421. The van der Waals surface area contributed by atoms with Gasteiger partial charge < -0.3 is 10.6 Å². The molecule has 26 heavy (non-hydrogen) atoms. The van der Waals surface area contributed by atoms with Gasteiger partial charge in [0.05, 0.1) is 0 Å². The number of guanidine groups is 1. The van der Waals surface area contributed by atoms with Crippen LogP contribution in [0.15, 0.2) is 41.5 Å². The van der Waals surface area contributed by atoms with E-state index in [1.165, 1.54) is 9.75 Å². The van der Waals surface area contributed by atoms with Gasteiger partial charge in [-0.25, -0.2) is 0 Å². The van der Waals surface area contributed by atoms with Crippen molar-refractivity contribution in [2.24, 2.45) is 4.99 Å². The number of pyridine rings is 1. The van der Waals surface area contributed by atoms with Gasteiger partial charge in [-0.2, -0.15) is 0 Å². The molecule has 0 aliphatic rings. The second kappa shape index (κ2) is 8.80. The molecule has 138 valence electrons. The molecule has 0 aliphatic heterocycles. The van der Waals surface area contributed by atoms with Crippen molar-refractivity contribution < 1.29 is 0 Å². The summed E-state index contributed by atoms with van der Waals surface area (Å²) in [6.45, 7) is 7.91. The second-order valence-electron chi connectivity index (χ2n) is 6.32. The van der Waals surface area contributed by atoms with Gasteiger partial charge in [0.15, 0.2) is 11.6 Å². The highest BCUT2D eigenvalue weighted by atomic mass is 32.1. The van der Waals surface area contributed by atoms with E-state index in [2.05, 4.69) is 53.7 Å². The van der Waals surface area contributed by atoms with Gasteiger partial charge in [0.2, 0.25) is 0 Å². The van der Waals surface area contributed by atoms with Crippen LogP contribution in [0.5, 0.6) is 0 Å². The highest BCUT2D eigenvalue weighted by Crippen LogP contribution is 2.16. The summed E-state index contributed by atoms with van der Waals surface area (Å²) in [7, 11) is 0. The van der Waals surface area contributed by atoms with Gasteiger partial charge in [-0.3, -0.25) is 9.39 Å². The van der Waals surface area contributed by atoms with Crippen LogP contribution in [0.3, 0.4) is 0 Å². The van der Waals surface area contributed by atoms with Crippen molar-refractivity contribution >= 4 is 22.9 Å².